The van der Waals surface area contributed by atoms with Crippen LogP contribution in [0.15, 0.2) is 18.2 Å². The number of nitrogens with zero attached hydrogens (tertiary/aromatic N) is 1. The van der Waals surface area contributed by atoms with E-state index in [9.17, 15) is 5.11 Å². The Labute approximate surface area is 102 Å². The maximum atomic E-state index is 9.37. The molecule has 0 unspecified atom stereocenters. The monoisotopic (exact) mass is 236 g/mol. The number of nitrogens with two attached hydrogens (primary N) is 1. The minimum Gasteiger partial charge on any atom is -0.506 e. The van der Waals surface area contributed by atoms with Crippen molar-refractivity contribution in [1.29, 1.82) is 0 Å². The normalized spacial score (nSPS) is 20.4. The van der Waals surface area contributed by atoms with Gasteiger partial charge in [0, 0.05) is 19.6 Å². The van der Waals surface area contributed by atoms with Crippen molar-refractivity contribution in [3.05, 3.63) is 23.8 Å². The van der Waals surface area contributed by atoms with Gasteiger partial charge in [-0.1, -0.05) is 6.07 Å². The Morgan fingerprint density at radius 3 is 2.88 bits per heavy atom. The van der Waals surface area contributed by atoms with Gasteiger partial charge in [-0.3, -0.25) is 4.90 Å². The third-order valence-corrected chi connectivity index (χ3v) is 3.00. The zero-order valence-corrected chi connectivity index (χ0v) is 10.4. The standard InChI is InChI=1S/C13H20N2O2/c1-13(2)9-15(5-6-17-13)8-10-3-4-12(16)11(14)7-10/h3-4,7,16H,5-6,8-9,14H2,1-2H3. The van der Waals surface area contributed by atoms with Crippen molar-refractivity contribution in [3.63, 3.8) is 0 Å². The van der Waals surface area contributed by atoms with E-state index >= 15 is 0 Å². The van der Waals surface area contributed by atoms with Gasteiger partial charge in [-0.15, -0.1) is 0 Å². The number of phenols is 1. The number of hydrogen-bond donors (Lipinski definition) is 2. The first-order chi connectivity index (χ1) is 7.96. The van der Waals surface area contributed by atoms with Gasteiger partial charge in [-0.2, -0.15) is 0 Å². The Morgan fingerprint density at radius 1 is 1.47 bits per heavy atom. The first kappa shape index (κ1) is 12.2. The summed E-state index contributed by atoms with van der Waals surface area (Å²) >= 11 is 0. The minimum atomic E-state index is -0.0826. The van der Waals surface area contributed by atoms with E-state index in [-0.39, 0.29) is 11.4 Å². The predicted octanol–water partition coefficient (Wildman–Crippen LogP) is 1.59. The van der Waals surface area contributed by atoms with Gasteiger partial charge in [-0.05, 0) is 31.5 Å². The summed E-state index contributed by atoms with van der Waals surface area (Å²) in [5.74, 6) is 0.149. The van der Waals surface area contributed by atoms with Gasteiger partial charge in [-0.25, -0.2) is 0 Å². The Balaban J connectivity index is 2.03. The highest BCUT2D eigenvalue weighted by atomic mass is 16.5. The molecule has 0 atom stereocenters. The summed E-state index contributed by atoms with van der Waals surface area (Å²) < 4.78 is 5.67. The predicted molar refractivity (Wildman–Crippen MR) is 67.8 cm³/mol. The molecule has 1 fully saturated rings. The molecule has 17 heavy (non-hydrogen) atoms. The van der Waals surface area contributed by atoms with Crippen LogP contribution >= 0.6 is 0 Å². The largest absolute Gasteiger partial charge is 0.506 e. The van der Waals surface area contributed by atoms with Crippen LogP contribution in [-0.2, 0) is 11.3 Å². The average molecular weight is 236 g/mol. The molecule has 94 valence electrons. The van der Waals surface area contributed by atoms with Crippen LogP contribution in [0, 0.1) is 0 Å². The van der Waals surface area contributed by atoms with Crippen LogP contribution in [0.1, 0.15) is 19.4 Å². The van der Waals surface area contributed by atoms with Crippen molar-refractivity contribution in [1.82, 2.24) is 4.90 Å². The van der Waals surface area contributed by atoms with Crippen molar-refractivity contribution >= 4 is 5.69 Å². The molecule has 1 aliphatic rings. The van der Waals surface area contributed by atoms with E-state index < -0.39 is 0 Å². The molecular weight excluding hydrogens is 216 g/mol. The van der Waals surface area contributed by atoms with Gasteiger partial charge in [0.2, 0.25) is 0 Å². The lowest BCUT2D eigenvalue weighted by molar-refractivity contribution is -0.0882. The molecular formula is C13H20N2O2. The van der Waals surface area contributed by atoms with Gasteiger partial charge >= 0.3 is 0 Å². The Bertz CT molecular complexity index is 404. The number of rotatable bonds is 2. The molecule has 1 aromatic carbocycles. The van der Waals surface area contributed by atoms with Gasteiger partial charge in [0.25, 0.3) is 0 Å². The maximum Gasteiger partial charge on any atom is 0.138 e. The Kier molecular flexibility index (Phi) is 3.26. The topological polar surface area (TPSA) is 58.7 Å². The Hall–Kier alpha value is -1.26. The van der Waals surface area contributed by atoms with E-state index in [1.54, 1.807) is 6.07 Å². The lowest BCUT2D eigenvalue weighted by Crippen LogP contribution is -2.47. The highest BCUT2D eigenvalue weighted by molar-refractivity contribution is 5.53. The molecule has 3 N–H and O–H groups in total. The lowest BCUT2D eigenvalue weighted by atomic mass is 10.1. The van der Waals surface area contributed by atoms with Crippen molar-refractivity contribution < 1.29 is 9.84 Å². The Morgan fingerprint density at radius 2 is 2.24 bits per heavy atom. The van der Waals surface area contributed by atoms with Gasteiger partial charge < -0.3 is 15.6 Å². The van der Waals surface area contributed by atoms with E-state index in [0.717, 1.165) is 31.8 Å². The van der Waals surface area contributed by atoms with Crippen LogP contribution in [0.4, 0.5) is 5.69 Å². The van der Waals surface area contributed by atoms with Gasteiger partial charge in [0.05, 0.1) is 17.9 Å². The van der Waals surface area contributed by atoms with Crippen molar-refractivity contribution in [2.45, 2.75) is 26.0 Å². The summed E-state index contributed by atoms with van der Waals surface area (Å²) in [7, 11) is 0. The zero-order chi connectivity index (χ0) is 12.5. The number of hydrogen-bond acceptors (Lipinski definition) is 4. The summed E-state index contributed by atoms with van der Waals surface area (Å²) in [5, 5.41) is 9.37. The van der Waals surface area contributed by atoms with Crippen LogP contribution in [0.3, 0.4) is 0 Å². The fourth-order valence-electron chi connectivity index (χ4n) is 2.21. The molecule has 0 aliphatic carbocycles. The molecule has 1 saturated heterocycles. The number of phenolic OH excluding ortho intramolecular Hbond substituents is 1. The van der Waals surface area contributed by atoms with E-state index in [2.05, 4.69) is 18.7 Å². The summed E-state index contributed by atoms with van der Waals surface area (Å²) in [4.78, 5) is 2.34. The van der Waals surface area contributed by atoms with Crippen LogP contribution in [0.2, 0.25) is 0 Å². The zero-order valence-electron chi connectivity index (χ0n) is 10.4. The number of benzene rings is 1. The summed E-state index contributed by atoms with van der Waals surface area (Å²) in [5.41, 5.74) is 7.17. The van der Waals surface area contributed by atoms with Gasteiger partial charge in [0.1, 0.15) is 5.75 Å². The molecule has 1 aliphatic heterocycles. The van der Waals surface area contributed by atoms with Gasteiger partial charge in [0.15, 0.2) is 0 Å². The molecule has 0 saturated carbocycles. The van der Waals surface area contributed by atoms with E-state index in [1.807, 2.05) is 12.1 Å². The summed E-state index contributed by atoms with van der Waals surface area (Å²) in [6.07, 6.45) is 0. The van der Waals surface area contributed by atoms with Crippen LogP contribution in [-0.4, -0.2) is 35.3 Å². The second kappa shape index (κ2) is 4.55. The molecule has 1 aromatic rings. The number of nitrogen functional groups attached to an aromatic ring is 1. The van der Waals surface area contributed by atoms with Crippen LogP contribution in [0.5, 0.6) is 5.75 Å². The molecule has 0 bridgehead atoms. The maximum absolute atomic E-state index is 9.37. The third-order valence-electron chi connectivity index (χ3n) is 3.00. The van der Waals surface area contributed by atoms with Crippen molar-refractivity contribution in [2.24, 2.45) is 0 Å². The van der Waals surface area contributed by atoms with Crippen molar-refractivity contribution in [2.75, 3.05) is 25.4 Å². The highest BCUT2D eigenvalue weighted by Crippen LogP contribution is 2.23. The van der Waals surface area contributed by atoms with Crippen LogP contribution < -0.4 is 5.73 Å². The fourth-order valence-corrected chi connectivity index (χ4v) is 2.21. The SMILES string of the molecule is CC1(C)CN(Cc2ccc(O)c(N)c2)CCO1. The summed E-state index contributed by atoms with van der Waals surface area (Å²) in [6, 6.07) is 5.39. The van der Waals surface area contributed by atoms with E-state index in [1.165, 1.54) is 0 Å². The molecule has 2 rings (SSSR count). The molecule has 0 amide bonds. The smallest absolute Gasteiger partial charge is 0.138 e. The van der Waals surface area contributed by atoms with E-state index in [4.69, 9.17) is 10.5 Å². The number of anilines is 1. The third kappa shape index (κ3) is 3.11. The molecule has 1 heterocycles. The first-order valence-electron chi connectivity index (χ1n) is 5.90. The second-order valence-electron chi connectivity index (χ2n) is 5.21. The molecule has 0 spiro atoms. The van der Waals surface area contributed by atoms with E-state index in [0.29, 0.717) is 5.69 Å². The minimum absolute atomic E-state index is 0.0826. The fraction of sp³-hybridized carbons (Fsp3) is 0.538. The van der Waals surface area contributed by atoms with Crippen molar-refractivity contribution in [3.8, 4) is 5.75 Å². The highest BCUT2D eigenvalue weighted by Gasteiger charge is 2.26. The first-order valence-corrected chi connectivity index (χ1v) is 5.90. The number of aromatic hydroxyl groups is 1. The summed E-state index contributed by atoms with van der Waals surface area (Å²) in [6.45, 7) is 7.66. The number of ether oxygens (including phenoxy) is 1. The lowest BCUT2D eigenvalue weighted by Gasteiger charge is -2.38. The van der Waals surface area contributed by atoms with Crippen LogP contribution in [0.25, 0.3) is 0 Å². The molecule has 4 nitrogen and oxygen atoms in total. The average Bonchev–Trinajstić information content (AvgIpc) is 2.22. The molecule has 0 radical (unpaired) electrons. The molecule has 4 heteroatoms. The second-order valence-corrected chi connectivity index (χ2v) is 5.21. The number of morpholine rings is 1. The quantitative estimate of drug-likeness (QED) is 0.604. The molecule has 0 aromatic heterocycles.